The number of aromatic nitrogens is 5. The van der Waals surface area contributed by atoms with Crippen molar-refractivity contribution in [3.05, 3.63) is 27.9 Å². The van der Waals surface area contributed by atoms with E-state index in [0.717, 1.165) is 41.1 Å². The van der Waals surface area contributed by atoms with Crippen LogP contribution in [-0.4, -0.2) is 31.3 Å². The number of fused-ring (bicyclic) bond motifs is 4. The van der Waals surface area contributed by atoms with Gasteiger partial charge in [0.2, 0.25) is 0 Å². The van der Waals surface area contributed by atoms with Gasteiger partial charge in [-0.3, -0.25) is 0 Å². The smallest absolute Gasteiger partial charge is 0.159 e. The van der Waals surface area contributed by atoms with E-state index in [1.165, 1.54) is 28.7 Å². The Balaban J connectivity index is 1.50. The van der Waals surface area contributed by atoms with Crippen LogP contribution in [-0.2, 0) is 37.3 Å². The summed E-state index contributed by atoms with van der Waals surface area (Å²) in [6, 6.07) is 0. The molecule has 7 nitrogen and oxygen atoms in total. The van der Waals surface area contributed by atoms with E-state index in [-0.39, 0.29) is 0 Å². The van der Waals surface area contributed by atoms with Crippen LogP contribution in [0.4, 0.5) is 5.82 Å². The molecule has 8 heteroatoms. The molecule has 3 aromatic heterocycles. The van der Waals surface area contributed by atoms with Gasteiger partial charge in [0.25, 0.3) is 0 Å². The molecular formula is C16H18N6OS. The van der Waals surface area contributed by atoms with Crippen LogP contribution in [0.15, 0.2) is 0 Å². The Bertz CT molecular complexity index is 930. The SMILES string of the molecule is Cc1nc(NCc2nnc3n2CCOC3)c2c3c(sc2n1)CCC3. The van der Waals surface area contributed by atoms with Crippen molar-refractivity contribution in [2.45, 2.75) is 45.9 Å². The number of hydrogen-bond donors (Lipinski definition) is 1. The molecule has 1 N–H and O–H groups in total. The lowest BCUT2D eigenvalue weighted by atomic mass is 10.2. The van der Waals surface area contributed by atoms with Crippen LogP contribution >= 0.6 is 11.3 Å². The molecule has 1 aliphatic heterocycles. The molecule has 0 aromatic carbocycles. The van der Waals surface area contributed by atoms with Crippen LogP contribution in [0.25, 0.3) is 10.2 Å². The Hall–Kier alpha value is -2.06. The molecule has 0 unspecified atom stereocenters. The molecule has 0 spiro atoms. The molecule has 0 fully saturated rings. The van der Waals surface area contributed by atoms with Crippen molar-refractivity contribution in [2.24, 2.45) is 0 Å². The summed E-state index contributed by atoms with van der Waals surface area (Å²) in [7, 11) is 0. The summed E-state index contributed by atoms with van der Waals surface area (Å²) in [5.41, 5.74) is 1.44. The van der Waals surface area contributed by atoms with Crippen molar-refractivity contribution in [2.75, 3.05) is 11.9 Å². The molecule has 124 valence electrons. The first kappa shape index (κ1) is 14.3. The Morgan fingerprint density at radius 1 is 1.25 bits per heavy atom. The van der Waals surface area contributed by atoms with E-state index >= 15 is 0 Å². The zero-order chi connectivity index (χ0) is 16.1. The van der Waals surface area contributed by atoms with Gasteiger partial charge in [0, 0.05) is 11.4 Å². The number of anilines is 1. The molecule has 0 saturated carbocycles. The monoisotopic (exact) mass is 342 g/mol. The Morgan fingerprint density at radius 3 is 3.17 bits per heavy atom. The molecule has 4 heterocycles. The van der Waals surface area contributed by atoms with Gasteiger partial charge >= 0.3 is 0 Å². The van der Waals surface area contributed by atoms with E-state index in [1.54, 1.807) is 0 Å². The second kappa shape index (κ2) is 5.49. The van der Waals surface area contributed by atoms with Crippen molar-refractivity contribution < 1.29 is 4.74 Å². The number of thiophene rings is 1. The number of aryl methyl sites for hydroxylation is 3. The Morgan fingerprint density at radius 2 is 2.21 bits per heavy atom. The third kappa shape index (κ3) is 2.21. The van der Waals surface area contributed by atoms with Crippen molar-refractivity contribution in [3.8, 4) is 0 Å². The van der Waals surface area contributed by atoms with Crippen LogP contribution in [0.3, 0.4) is 0 Å². The van der Waals surface area contributed by atoms with E-state index < -0.39 is 0 Å². The standard InChI is InChI=1S/C16H18N6OS/c1-9-18-15(14-10-3-2-4-11(10)24-16(14)19-9)17-7-12-20-21-13-8-23-6-5-22(12)13/h2-8H2,1H3,(H,17,18,19). The molecule has 0 radical (unpaired) electrons. The van der Waals surface area contributed by atoms with Crippen LogP contribution < -0.4 is 5.32 Å². The number of nitrogens with one attached hydrogen (secondary N) is 1. The third-order valence-electron chi connectivity index (χ3n) is 4.68. The lowest BCUT2D eigenvalue weighted by Gasteiger charge is -2.16. The predicted octanol–water partition coefficient (Wildman–Crippen LogP) is 2.22. The molecule has 0 bridgehead atoms. The quantitative estimate of drug-likeness (QED) is 0.786. The summed E-state index contributed by atoms with van der Waals surface area (Å²) in [6.07, 6.45) is 3.54. The molecule has 0 saturated heterocycles. The Labute approximate surface area is 143 Å². The lowest BCUT2D eigenvalue weighted by molar-refractivity contribution is 0.0807. The van der Waals surface area contributed by atoms with Gasteiger partial charge in [-0.25, -0.2) is 9.97 Å². The molecule has 1 aliphatic carbocycles. The summed E-state index contributed by atoms with van der Waals surface area (Å²) in [4.78, 5) is 11.9. The summed E-state index contributed by atoms with van der Waals surface area (Å²) in [5, 5.41) is 13.2. The van der Waals surface area contributed by atoms with Gasteiger partial charge in [0.1, 0.15) is 23.1 Å². The minimum Gasteiger partial charge on any atom is -0.372 e. The molecule has 0 amide bonds. The number of nitrogens with zero attached hydrogens (tertiary/aromatic N) is 5. The van der Waals surface area contributed by atoms with Gasteiger partial charge in [0.15, 0.2) is 11.6 Å². The van der Waals surface area contributed by atoms with E-state index in [2.05, 4.69) is 30.0 Å². The van der Waals surface area contributed by atoms with E-state index in [0.29, 0.717) is 19.8 Å². The summed E-state index contributed by atoms with van der Waals surface area (Å²) in [5.74, 6) is 3.57. The fourth-order valence-corrected chi connectivity index (χ4v) is 4.89. The first-order chi connectivity index (χ1) is 11.8. The van der Waals surface area contributed by atoms with E-state index in [9.17, 15) is 0 Å². The second-order valence-corrected chi connectivity index (χ2v) is 7.33. The van der Waals surface area contributed by atoms with Crippen LogP contribution in [0, 0.1) is 6.92 Å². The minimum atomic E-state index is 0.544. The van der Waals surface area contributed by atoms with Gasteiger partial charge in [-0.1, -0.05) is 0 Å². The largest absolute Gasteiger partial charge is 0.372 e. The van der Waals surface area contributed by atoms with Crippen molar-refractivity contribution >= 4 is 27.4 Å². The maximum Gasteiger partial charge on any atom is 0.159 e. The number of rotatable bonds is 3. The number of hydrogen-bond acceptors (Lipinski definition) is 7. The van der Waals surface area contributed by atoms with Gasteiger partial charge in [0.05, 0.1) is 18.5 Å². The molecular weight excluding hydrogens is 324 g/mol. The average Bonchev–Trinajstić information content (AvgIpc) is 3.26. The maximum atomic E-state index is 5.42. The lowest BCUT2D eigenvalue weighted by Crippen LogP contribution is -2.20. The highest BCUT2D eigenvalue weighted by atomic mass is 32.1. The highest BCUT2D eigenvalue weighted by molar-refractivity contribution is 7.19. The highest BCUT2D eigenvalue weighted by Gasteiger charge is 2.22. The fraction of sp³-hybridized carbons (Fsp3) is 0.500. The molecule has 24 heavy (non-hydrogen) atoms. The van der Waals surface area contributed by atoms with Crippen molar-refractivity contribution in [3.63, 3.8) is 0 Å². The predicted molar refractivity (Wildman–Crippen MR) is 91.2 cm³/mol. The zero-order valence-electron chi connectivity index (χ0n) is 13.5. The first-order valence-corrected chi connectivity index (χ1v) is 9.12. The zero-order valence-corrected chi connectivity index (χ0v) is 14.3. The maximum absolute atomic E-state index is 5.42. The highest BCUT2D eigenvalue weighted by Crippen LogP contribution is 2.39. The number of ether oxygens (including phenoxy) is 1. The molecule has 5 rings (SSSR count). The second-order valence-electron chi connectivity index (χ2n) is 6.25. The van der Waals surface area contributed by atoms with Crippen molar-refractivity contribution in [1.82, 2.24) is 24.7 Å². The third-order valence-corrected chi connectivity index (χ3v) is 5.87. The molecule has 0 atom stereocenters. The molecule has 2 aliphatic rings. The van der Waals surface area contributed by atoms with Crippen molar-refractivity contribution in [1.29, 1.82) is 0 Å². The normalized spacial score (nSPS) is 16.4. The van der Waals surface area contributed by atoms with Crippen LogP contribution in [0.2, 0.25) is 0 Å². The topological polar surface area (TPSA) is 77.8 Å². The van der Waals surface area contributed by atoms with Gasteiger partial charge in [-0.15, -0.1) is 21.5 Å². The van der Waals surface area contributed by atoms with Crippen LogP contribution in [0.1, 0.15) is 34.3 Å². The Kier molecular flexibility index (Phi) is 3.27. The summed E-state index contributed by atoms with van der Waals surface area (Å²) >= 11 is 1.82. The van der Waals surface area contributed by atoms with Gasteiger partial charge in [-0.05, 0) is 31.7 Å². The van der Waals surface area contributed by atoms with Gasteiger partial charge < -0.3 is 14.6 Å². The first-order valence-electron chi connectivity index (χ1n) is 8.31. The summed E-state index contributed by atoms with van der Waals surface area (Å²) < 4.78 is 7.56. The summed E-state index contributed by atoms with van der Waals surface area (Å²) in [6.45, 7) is 4.63. The molecule has 3 aromatic rings. The van der Waals surface area contributed by atoms with Gasteiger partial charge in [-0.2, -0.15) is 0 Å². The average molecular weight is 342 g/mol. The minimum absolute atomic E-state index is 0.544. The van der Waals surface area contributed by atoms with E-state index in [1.807, 2.05) is 18.3 Å². The fourth-order valence-electron chi connectivity index (χ4n) is 3.58. The van der Waals surface area contributed by atoms with E-state index in [4.69, 9.17) is 4.74 Å². The van der Waals surface area contributed by atoms with Crippen LogP contribution in [0.5, 0.6) is 0 Å².